The van der Waals surface area contributed by atoms with Gasteiger partial charge in [0.25, 0.3) is 0 Å². The average molecular weight is 809 g/mol. The van der Waals surface area contributed by atoms with Crippen LogP contribution in [0.3, 0.4) is 0 Å². The minimum Gasteiger partial charge on any atom is -0.461 e. The maximum atomic E-state index is 6.95. The van der Waals surface area contributed by atoms with E-state index in [9.17, 15) is 0 Å². The highest BCUT2D eigenvalue weighted by molar-refractivity contribution is 6.06. The number of fused-ring (bicyclic) bond motifs is 5. The quantitative estimate of drug-likeness (QED) is 0.159. The van der Waals surface area contributed by atoms with Gasteiger partial charge in [-0.1, -0.05) is 152 Å². The summed E-state index contributed by atoms with van der Waals surface area (Å²) in [6.07, 6.45) is 2.28. The zero-order chi connectivity index (χ0) is 42.2. The molecule has 3 aliphatic rings. The summed E-state index contributed by atoms with van der Waals surface area (Å²) in [6, 6.07) is 74.9. The molecule has 9 aromatic carbocycles. The lowest BCUT2D eigenvalue weighted by atomic mass is 9.70. The normalized spacial score (nSPS) is 15.7. The Kier molecular flexibility index (Phi) is 8.42. The summed E-state index contributed by atoms with van der Waals surface area (Å²) in [6.45, 7) is 6.71. The van der Waals surface area contributed by atoms with Crippen LogP contribution >= 0.6 is 0 Å². The van der Waals surface area contributed by atoms with Crippen LogP contribution in [0.1, 0.15) is 43.0 Å². The Morgan fingerprint density at radius 2 is 1.11 bits per heavy atom. The van der Waals surface area contributed by atoms with Gasteiger partial charge in [-0.2, -0.15) is 0 Å². The van der Waals surface area contributed by atoms with Crippen LogP contribution < -0.4 is 14.5 Å². The number of hydrogen-bond donors (Lipinski definition) is 0. The third-order valence-electron chi connectivity index (χ3n) is 13.5. The van der Waals surface area contributed by atoms with Gasteiger partial charge in [0.05, 0.1) is 17.1 Å². The maximum absolute atomic E-state index is 6.95. The summed E-state index contributed by atoms with van der Waals surface area (Å²) in [4.78, 5) is 4.79. The van der Waals surface area contributed by atoms with Crippen LogP contribution in [0.5, 0.6) is 5.75 Å². The van der Waals surface area contributed by atoms with Crippen molar-refractivity contribution >= 4 is 44.8 Å². The van der Waals surface area contributed by atoms with Crippen LogP contribution in [0.25, 0.3) is 49.7 Å². The van der Waals surface area contributed by atoms with Crippen LogP contribution in [-0.2, 0) is 5.41 Å². The summed E-state index contributed by atoms with van der Waals surface area (Å²) in [7, 11) is 0. The van der Waals surface area contributed by atoms with Crippen molar-refractivity contribution in [1.82, 2.24) is 0 Å². The van der Waals surface area contributed by atoms with E-state index in [4.69, 9.17) is 4.74 Å². The van der Waals surface area contributed by atoms with Crippen molar-refractivity contribution in [2.45, 2.75) is 26.2 Å². The molecule has 0 saturated heterocycles. The van der Waals surface area contributed by atoms with E-state index in [1.165, 1.54) is 67.0 Å². The Labute approximate surface area is 369 Å². The molecule has 9 aromatic rings. The Hall–Kier alpha value is -7.88. The third kappa shape index (κ3) is 5.73. The molecule has 0 spiro atoms. The van der Waals surface area contributed by atoms with Gasteiger partial charge in [-0.05, 0) is 136 Å². The number of rotatable bonds is 7. The minimum absolute atomic E-state index is 0.352. The predicted octanol–water partition coefficient (Wildman–Crippen LogP) is 16.2. The maximum Gasteiger partial charge on any atom is 0.137 e. The lowest BCUT2D eigenvalue weighted by Gasteiger charge is -2.43. The lowest BCUT2D eigenvalue weighted by molar-refractivity contribution is 0.433. The molecule has 0 aromatic heterocycles. The van der Waals surface area contributed by atoms with Gasteiger partial charge >= 0.3 is 0 Å². The molecule has 3 nitrogen and oxygen atoms in total. The summed E-state index contributed by atoms with van der Waals surface area (Å²) in [5.41, 5.74) is 20.1. The molecule has 63 heavy (non-hydrogen) atoms. The second-order valence-corrected chi connectivity index (χ2v) is 17.1. The molecule has 0 fully saturated rings. The van der Waals surface area contributed by atoms with E-state index >= 15 is 0 Å². The van der Waals surface area contributed by atoms with E-state index in [0.29, 0.717) is 0 Å². The van der Waals surface area contributed by atoms with Crippen molar-refractivity contribution < 1.29 is 4.74 Å². The fourth-order valence-electron chi connectivity index (χ4n) is 10.6. The van der Waals surface area contributed by atoms with E-state index in [1.807, 2.05) is 0 Å². The molecule has 0 radical (unpaired) electrons. The van der Waals surface area contributed by atoms with E-state index in [-0.39, 0.29) is 5.41 Å². The highest BCUT2D eigenvalue weighted by Crippen LogP contribution is 2.63. The van der Waals surface area contributed by atoms with Gasteiger partial charge in [0.15, 0.2) is 0 Å². The van der Waals surface area contributed by atoms with Crippen molar-refractivity contribution in [2.75, 3.05) is 9.80 Å². The van der Waals surface area contributed by atoms with Crippen molar-refractivity contribution in [1.29, 1.82) is 0 Å². The van der Waals surface area contributed by atoms with Crippen LogP contribution in [0.4, 0.5) is 28.4 Å². The van der Waals surface area contributed by atoms with Crippen molar-refractivity contribution in [3.8, 4) is 39.1 Å². The topological polar surface area (TPSA) is 15.7 Å². The molecular weight excluding hydrogens is 765 g/mol. The van der Waals surface area contributed by atoms with E-state index < -0.39 is 0 Å². The SMILES string of the molecule is CC1=C(/C=C(\C)N(c2ccccc2)c2ccccc2)c2cccc3cc(N4c5ccc(-c6ccc(-c7ccccc7)cc6)cc5C5(C)c6ccccc6-c6cccc4c65)cc(c23)O1. The molecule has 12 rings (SSSR count). The van der Waals surface area contributed by atoms with Crippen molar-refractivity contribution in [3.05, 3.63) is 246 Å². The van der Waals surface area contributed by atoms with Gasteiger partial charge in [0.2, 0.25) is 0 Å². The number of benzene rings is 9. The molecule has 0 bridgehead atoms. The first-order chi connectivity index (χ1) is 31.0. The highest BCUT2D eigenvalue weighted by Gasteiger charge is 2.48. The smallest absolute Gasteiger partial charge is 0.137 e. The first kappa shape index (κ1) is 36.9. The van der Waals surface area contributed by atoms with Crippen LogP contribution in [0, 0.1) is 0 Å². The Balaban J connectivity index is 0.999. The van der Waals surface area contributed by atoms with Crippen LogP contribution in [0.15, 0.2) is 224 Å². The second kappa shape index (κ2) is 14.4. The molecule has 1 unspecified atom stereocenters. The van der Waals surface area contributed by atoms with Crippen molar-refractivity contribution in [2.24, 2.45) is 0 Å². The largest absolute Gasteiger partial charge is 0.461 e. The van der Waals surface area contributed by atoms with E-state index in [1.54, 1.807) is 0 Å². The lowest BCUT2D eigenvalue weighted by Crippen LogP contribution is -2.32. The number of nitrogens with zero attached hydrogens (tertiary/aromatic N) is 2. The van der Waals surface area contributed by atoms with Gasteiger partial charge in [0.1, 0.15) is 11.5 Å². The number of allylic oxidation sites excluding steroid dienone is 4. The van der Waals surface area contributed by atoms with E-state index in [2.05, 4.69) is 243 Å². The van der Waals surface area contributed by atoms with Gasteiger partial charge in [-0.15, -0.1) is 0 Å². The molecule has 1 atom stereocenters. The number of hydrogen-bond acceptors (Lipinski definition) is 3. The summed E-state index contributed by atoms with van der Waals surface area (Å²) >= 11 is 0. The molecule has 2 aliphatic heterocycles. The zero-order valence-corrected chi connectivity index (χ0v) is 35.5. The first-order valence-corrected chi connectivity index (χ1v) is 21.8. The summed E-state index contributed by atoms with van der Waals surface area (Å²) in [5, 5.41) is 2.26. The van der Waals surface area contributed by atoms with Gasteiger partial charge in [-0.25, -0.2) is 0 Å². The molecule has 300 valence electrons. The molecule has 0 amide bonds. The minimum atomic E-state index is -0.352. The fourth-order valence-corrected chi connectivity index (χ4v) is 10.6. The van der Waals surface area contributed by atoms with Crippen molar-refractivity contribution in [3.63, 3.8) is 0 Å². The monoisotopic (exact) mass is 808 g/mol. The van der Waals surface area contributed by atoms with E-state index in [0.717, 1.165) is 50.6 Å². The summed E-state index contributed by atoms with van der Waals surface area (Å²) < 4.78 is 6.95. The number of ether oxygens (including phenoxy) is 1. The standard InChI is InChI=1S/C60H44N2O/c1-39(61(46-20-9-5-10-21-46)47-22-11-6-12-23-47)35-52-40(2)63-57-38-48(36-45-19-15-25-50(52)58(45)57)62-55-34-33-44(43-31-29-42(30-32-43)41-17-7-4-8-18-41)37-54(55)60(3)53-27-14-13-24-49(53)51-26-16-28-56(62)59(51)60/h4-38H,1-3H3/b39-35+. The van der Waals surface area contributed by atoms with Gasteiger partial charge < -0.3 is 14.5 Å². The number of para-hydroxylation sites is 2. The van der Waals surface area contributed by atoms with Gasteiger partial charge in [-0.3, -0.25) is 0 Å². The second-order valence-electron chi connectivity index (χ2n) is 17.1. The number of anilines is 5. The molecule has 1 aliphatic carbocycles. The fraction of sp³-hybridized carbons (Fsp3) is 0.0667. The van der Waals surface area contributed by atoms with Crippen LogP contribution in [0.2, 0.25) is 0 Å². The summed E-state index contributed by atoms with van der Waals surface area (Å²) in [5.74, 6) is 1.74. The third-order valence-corrected chi connectivity index (χ3v) is 13.5. The molecule has 0 N–H and O–H groups in total. The Morgan fingerprint density at radius 3 is 1.84 bits per heavy atom. The Bertz CT molecular complexity index is 3290. The Morgan fingerprint density at radius 1 is 0.524 bits per heavy atom. The molecular formula is C60H44N2O. The molecule has 3 heteroatoms. The molecule has 0 saturated carbocycles. The van der Waals surface area contributed by atoms with Crippen LogP contribution in [-0.4, -0.2) is 0 Å². The zero-order valence-electron chi connectivity index (χ0n) is 35.5. The highest BCUT2D eigenvalue weighted by atomic mass is 16.5. The average Bonchev–Trinajstić information content (AvgIpc) is 3.60. The molecule has 2 heterocycles. The van der Waals surface area contributed by atoms with Gasteiger partial charge in [0, 0.05) is 39.5 Å². The predicted molar refractivity (Wildman–Crippen MR) is 262 cm³/mol. The first-order valence-electron chi connectivity index (χ1n) is 21.8.